The standard InChI is InChI=1S/C24H20ClN5O2S/c1-15(31)16-9-10-23-20(12-16)29(19-7-2-3-8-22(19)33-23)24(32)14-27-30-21(13-26-28-30)17-5-4-6-18(25)11-17/h2-12,21,27H,13-14H2,1H3. The number of ketones is 1. The van der Waals surface area contributed by atoms with Gasteiger partial charge in [0.1, 0.15) is 6.04 Å². The first-order valence-electron chi connectivity index (χ1n) is 10.4. The van der Waals surface area contributed by atoms with Crippen molar-refractivity contribution in [2.24, 2.45) is 10.3 Å². The van der Waals surface area contributed by atoms with E-state index in [0.717, 1.165) is 21.0 Å². The highest BCUT2D eigenvalue weighted by atomic mass is 35.5. The molecule has 1 atom stereocenters. The van der Waals surface area contributed by atoms with E-state index in [0.29, 0.717) is 22.8 Å². The van der Waals surface area contributed by atoms with Crippen molar-refractivity contribution in [1.29, 1.82) is 0 Å². The van der Waals surface area contributed by atoms with Gasteiger partial charge in [-0.15, -0.1) is 0 Å². The summed E-state index contributed by atoms with van der Waals surface area (Å²) in [6.45, 7) is 1.99. The van der Waals surface area contributed by atoms with Crippen LogP contribution in [0.25, 0.3) is 0 Å². The number of carbonyl (C=O) groups is 2. The van der Waals surface area contributed by atoms with E-state index in [1.165, 1.54) is 6.92 Å². The van der Waals surface area contributed by atoms with Gasteiger partial charge >= 0.3 is 0 Å². The third-order valence-electron chi connectivity index (χ3n) is 5.52. The maximum absolute atomic E-state index is 13.5. The molecule has 0 saturated carbocycles. The average molecular weight is 478 g/mol. The van der Waals surface area contributed by atoms with Crippen LogP contribution in [-0.4, -0.2) is 29.9 Å². The lowest BCUT2D eigenvalue weighted by atomic mass is 10.1. The molecule has 0 aliphatic carbocycles. The zero-order valence-electron chi connectivity index (χ0n) is 17.7. The summed E-state index contributed by atoms with van der Waals surface area (Å²) in [5.41, 5.74) is 6.13. The minimum atomic E-state index is -0.170. The van der Waals surface area contributed by atoms with Crippen molar-refractivity contribution in [2.75, 3.05) is 18.0 Å². The molecule has 0 saturated heterocycles. The summed E-state index contributed by atoms with van der Waals surface area (Å²) in [5.74, 6) is -0.217. The number of rotatable bonds is 5. The number of anilines is 2. The van der Waals surface area contributed by atoms with Gasteiger partial charge in [0.2, 0.25) is 5.91 Å². The van der Waals surface area contributed by atoms with E-state index in [9.17, 15) is 9.59 Å². The van der Waals surface area contributed by atoms with Crippen LogP contribution < -0.4 is 10.3 Å². The second-order valence-electron chi connectivity index (χ2n) is 7.70. The predicted molar refractivity (Wildman–Crippen MR) is 128 cm³/mol. The van der Waals surface area contributed by atoms with Gasteiger partial charge in [0.25, 0.3) is 0 Å². The summed E-state index contributed by atoms with van der Waals surface area (Å²) in [6, 6.07) is 20.6. The third-order valence-corrected chi connectivity index (χ3v) is 6.88. The molecule has 3 aromatic rings. The van der Waals surface area contributed by atoms with E-state index in [2.05, 4.69) is 15.8 Å². The van der Waals surface area contributed by atoms with E-state index in [1.54, 1.807) is 33.9 Å². The first-order chi connectivity index (χ1) is 16.0. The van der Waals surface area contributed by atoms with Crippen molar-refractivity contribution in [3.05, 3.63) is 82.9 Å². The van der Waals surface area contributed by atoms with Gasteiger partial charge in [0.15, 0.2) is 5.78 Å². The van der Waals surface area contributed by atoms with Gasteiger partial charge in [0, 0.05) is 20.4 Å². The number of carbonyl (C=O) groups excluding carboxylic acids is 2. The Kier molecular flexibility index (Phi) is 5.88. The lowest BCUT2D eigenvalue weighted by Gasteiger charge is -2.32. The minimum Gasteiger partial charge on any atom is -0.295 e. The molecule has 2 aliphatic rings. The smallest absolute Gasteiger partial charge is 0.247 e. The average Bonchev–Trinajstić information content (AvgIpc) is 3.29. The number of amides is 1. The maximum atomic E-state index is 13.5. The van der Waals surface area contributed by atoms with Gasteiger partial charge in [-0.25, -0.2) is 10.5 Å². The lowest BCUT2D eigenvalue weighted by Crippen LogP contribution is -2.43. The van der Waals surface area contributed by atoms with Crippen molar-refractivity contribution >= 4 is 46.4 Å². The molecule has 0 radical (unpaired) electrons. The quantitative estimate of drug-likeness (QED) is 0.484. The molecule has 3 aromatic carbocycles. The summed E-state index contributed by atoms with van der Waals surface area (Å²) in [5, 5.41) is 10.5. The molecule has 9 heteroatoms. The van der Waals surface area contributed by atoms with Gasteiger partial charge in [-0.1, -0.05) is 58.9 Å². The fraction of sp³-hybridized carbons (Fsp3) is 0.167. The zero-order valence-corrected chi connectivity index (χ0v) is 19.3. The molecule has 33 heavy (non-hydrogen) atoms. The molecular formula is C24H20ClN5O2S. The molecule has 1 unspecified atom stereocenters. The first kappa shape index (κ1) is 21.6. The highest BCUT2D eigenvalue weighted by Gasteiger charge is 2.30. The minimum absolute atomic E-state index is 0.00116. The molecule has 2 aliphatic heterocycles. The second-order valence-corrected chi connectivity index (χ2v) is 9.22. The SMILES string of the molecule is CC(=O)c1ccc2c(c1)N(C(=O)CNN1N=NCC1c1cccc(Cl)c1)c1ccccc1S2. The Morgan fingerprint density at radius 2 is 1.88 bits per heavy atom. The summed E-state index contributed by atoms with van der Waals surface area (Å²) in [6.07, 6.45) is 0. The van der Waals surface area contributed by atoms with Gasteiger partial charge in [-0.2, -0.15) is 5.11 Å². The fourth-order valence-electron chi connectivity index (χ4n) is 3.89. The van der Waals surface area contributed by atoms with Crippen LogP contribution in [0.1, 0.15) is 28.9 Å². The Balaban J connectivity index is 1.41. The van der Waals surface area contributed by atoms with Crippen LogP contribution in [0.3, 0.4) is 0 Å². The molecule has 1 N–H and O–H groups in total. The lowest BCUT2D eigenvalue weighted by molar-refractivity contribution is -0.118. The second kappa shape index (κ2) is 8.97. The van der Waals surface area contributed by atoms with E-state index in [4.69, 9.17) is 11.6 Å². The molecule has 7 nitrogen and oxygen atoms in total. The van der Waals surface area contributed by atoms with Crippen LogP contribution >= 0.6 is 23.4 Å². The molecule has 5 rings (SSSR count). The number of nitrogens with one attached hydrogen (secondary N) is 1. The first-order valence-corrected chi connectivity index (χ1v) is 11.6. The highest BCUT2D eigenvalue weighted by molar-refractivity contribution is 7.99. The van der Waals surface area contributed by atoms with Crippen LogP contribution in [0.4, 0.5) is 11.4 Å². The van der Waals surface area contributed by atoms with E-state index < -0.39 is 0 Å². The maximum Gasteiger partial charge on any atom is 0.247 e. The zero-order chi connectivity index (χ0) is 22.9. The van der Waals surface area contributed by atoms with Gasteiger partial charge in [-0.3, -0.25) is 14.5 Å². The predicted octanol–water partition coefficient (Wildman–Crippen LogP) is 5.60. The summed E-state index contributed by atoms with van der Waals surface area (Å²) in [4.78, 5) is 29.1. The van der Waals surface area contributed by atoms with Gasteiger partial charge < -0.3 is 0 Å². The number of hydrazine groups is 1. The van der Waals surface area contributed by atoms with Gasteiger partial charge in [-0.05, 0) is 48.9 Å². The van der Waals surface area contributed by atoms with Crippen molar-refractivity contribution in [3.63, 3.8) is 0 Å². The molecule has 0 spiro atoms. The van der Waals surface area contributed by atoms with Crippen molar-refractivity contribution in [2.45, 2.75) is 22.8 Å². The monoisotopic (exact) mass is 477 g/mol. The summed E-state index contributed by atoms with van der Waals surface area (Å²) >= 11 is 7.73. The number of halogens is 1. The van der Waals surface area contributed by atoms with Crippen molar-refractivity contribution in [1.82, 2.24) is 10.5 Å². The van der Waals surface area contributed by atoms with E-state index in [1.807, 2.05) is 54.6 Å². The number of fused-ring (bicyclic) bond motifs is 2. The molecule has 0 bridgehead atoms. The largest absolute Gasteiger partial charge is 0.295 e. The highest BCUT2D eigenvalue weighted by Crippen LogP contribution is 2.48. The molecule has 1 amide bonds. The third kappa shape index (κ3) is 4.25. The van der Waals surface area contributed by atoms with Crippen LogP contribution in [0.2, 0.25) is 5.02 Å². The number of nitrogens with zero attached hydrogens (tertiary/aromatic N) is 4. The molecule has 0 aromatic heterocycles. The topological polar surface area (TPSA) is 77.4 Å². The Morgan fingerprint density at radius 3 is 2.70 bits per heavy atom. The summed E-state index contributed by atoms with van der Waals surface area (Å²) in [7, 11) is 0. The van der Waals surface area contributed by atoms with Crippen molar-refractivity contribution < 1.29 is 9.59 Å². The van der Waals surface area contributed by atoms with Crippen LogP contribution in [0.15, 0.2) is 86.9 Å². The number of para-hydroxylation sites is 1. The molecular weight excluding hydrogens is 458 g/mol. The van der Waals surface area contributed by atoms with Gasteiger partial charge in [0.05, 0.1) is 24.5 Å². The normalized spacial score (nSPS) is 16.5. The number of Topliss-reactive ketones (excluding diaryl/α,β-unsaturated/α-hetero) is 1. The summed E-state index contributed by atoms with van der Waals surface area (Å²) < 4.78 is 0. The molecule has 2 heterocycles. The Bertz CT molecular complexity index is 1280. The fourth-order valence-corrected chi connectivity index (χ4v) is 5.13. The Morgan fingerprint density at radius 1 is 1.06 bits per heavy atom. The van der Waals surface area contributed by atoms with Crippen molar-refractivity contribution in [3.8, 4) is 0 Å². The molecule has 0 fully saturated rings. The van der Waals surface area contributed by atoms with Crippen LogP contribution in [0, 0.1) is 0 Å². The Labute approximate surface area is 200 Å². The van der Waals surface area contributed by atoms with Crippen LogP contribution in [-0.2, 0) is 4.79 Å². The van der Waals surface area contributed by atoms with E-state index in [-0.39, 0.29) is 24.3 Å². The van der Waals surface area contributed by atoms with E-state index >= 15 is 0 Å². The number of hydrogen-bond acceptors (Lipinski definition) is 7. The number of benzene rings is 3. The number of hydrogen-bond donors (Lipinski definition) is 1. The van der Waals surface area contributed by atoms with Crippen LogP contribution in [0.5, 0.6) is 0 Å². The molecule has 166 valence electrons. The Hall–Kier alpha value is -3.20.